The molecule has 1 aliphatic heterocycles. The van der Waals surface area contributed by atoms with Gasteiger partial charge in [0.25, 0.3) is 0 Å². The Labute approximate surface area is 85.0 Å². The summed E-state index contributed by atoms with van der Waals surface area (Å²) >= 11 is 1.85. The van der Waals surface area contributed by atoms with Gasteiger partial charge in [0.05, 0.1) is 18.3 Å². The minimum Gasteiger partial charge on any atom is -0.386 e. The second-order valence-corrected chi connectivity index (χ2v) is 5.53. The van der Waals surface area contributed by atoms with Crippen LogP contribution in [0, 0.1) is 0 Å². The van der Waals surface area contributed by atoms with E-state index in [9.17, 15) is 5.11 Å². The lowest BCUT2D eigenvalue weighted by Crippen LogP contribution is -2.46. The summed E-state index contributed by atoms with van der Waals surface area (Å²) < 4.78 is 5.49. The molecule has 0 saturated carbocycles. The summed E-state index contributed by atoms with van der Waals surface area (Å²) in [6, 6.07) is 0. The molecule has 1 saturated heterocycles. The highest BCUT2D eigenvalue weighted by Gasteiger charge is 2.36. The van der Waals surface area contributed by atoms with E-state index in [0.717, 1.165) is 12.8 Å². The Bertz CT molecular complexity index is 161. The van der Waals surface area contributed by atoms with Crippen molar-refractivity contribution in [2.45, 2.75) is 50.6 Å². The molecule has 13 heavy (non-hydrogen) atoms. The topological polar surface area (TPSA) is 29.5 Å². The zero-order chi connectivity index (χ0) is 9.90. The van der Waals surface area contributed by atoms with E-state index < -0.39 is 5.60 Å². The predicted octanol–water partition coefficient (Wildman–Crippen LogP) is 2.06. The summed E-state index contributed by atoms with van der Waals surface area (Å²) in [5, 5.41) is 10.5. The molecule has 2 unspecified atom stereocenters. The molecule has 2 nitrogen and oxygen atoms in total. The molecule has 1 rings (SSSR count). The van der Waals surface area contributed by atoms with Gasteiger partial charge in [0.2, 0.25) is 0 Å². The van der Waals surface area contributed by atoms with Gasteiger partial charge in [-0.3, -0.25) is 0 Å². The van der Waals surface area contributed by atoms with E-state index in [1.807, 2.05) is 25.6 Å². The van der Waals surface area contributed by atoms with E-state index >= 15 is 0 Å². The average molecular weight is 204 g/mol. The van der Waals surface area contributed by atoms with E-state index in [1.165, 1.54) is 5.75 Å². The molecule has 0 amide bonds. The van der Waals surface area contributed by atoms with E-state index in [4.69, 9.17) is 4.74 Å². The first-order chi connectivity index (χ1) is 6.04. The van der Waals surface area contributed by atoms with Crippen LogP contribution in [0.2, 0.25) is 0 Å². The Kier molecular flexibility index (Phi) is 4.07. The van der Waals surface area contributed by atoms with Crippen LogP contribution < -0.4 is 0 Å². The van der Waals surface area contributed by atoms with Gasteiger partial charge in [-0.2, -0.15) is 11.8 Å². The maximum absolute atomic E-state index is 10.2. The third-order valence-corrected chi connectivity index (χ3v) is 4.01. The lowest BCUT2D eigenvalue weighted by molar-refractivity contribution is -0.0695. The Morgan fingerprint density at radius 3 is 2.85 bits per heavy atom. The summed E-state index contributed by atoms with van der Waals surface area (Å²) in [5.74, 6) is 1.17. The molecule has 0 bridgehead atoms. The van der Waals surface area contributed by atoms with Gasteiger partial charge in [0, 0.05) is 5.25 Å². The molecule has 78 valence electrons. The number of rotatable bonds is 3. The number of hydrogen-bond donors (Lipinski definition) is 1. The Balaban J connectivity index is 2.42. The third-order valence-electron chi connectivity index (χ3n) is 2.55. The van der Waals surface area contributed by atoms with Gasteiger partial charge in [-0.1, -0.05) is 6.92 Å². The van der Waals surface area contributed by atoms with Gasteiger partial charge >= 0.3 is 0 Å². The van der Waals surface area contributed by atoms with E-state index in [1.54, 1.807) is 0 Å². The molecule has 2 atom stereocenters. The number of aliphatic hydroxyl groups is 1. The third kappa shape index (κ3) is 3.15. The lowest BCUT2D eigenvalue weighted by Gasteiger charge is -2.37. The van der Waals surface area contributed by atoms with Crippen LogP contribution in [-0.4, -0.2) is 34.4 Å². The van der Waals surface area contributed by atoms with Gasteiger partial charge < -0.3 is 9.84 Å². The summed E-state index contributed by atoms with van der Waals surface area (Å²) in [6.07, 6.45) is 2.20. The van der Waals surface area contributed by atoms with Crippen LogP contribution in [0.1, 0.15) is 33.6 Å². The highest BCUT2D eigenvalue weighted by atomic mass is 32.2. The van der Waals surface area contributed by atoms with Crippen LogP contribution in [0.25, 0.3) is 0 Å². The maximum atomic E-state index is 10.2. The molecule has 0 spiro atoms. The van der Waals surface area contributed by atoms with Crippen molar-refractivity contribution in [1.29, 1.82) is 0 Å². The minimum absolute atomic E-state index is 0.211. The van der Waals surface area contributed by atoms with Crippen molar-refractivity contribution in [2.75, 3.05) is 12.4 Å². The smallest absolute Gasteiger partial charge is 0.0995 e. The van der Waals surface area contributed by atoms with Crippen molar-refractivity contribution < 1.29 is 9.84 Å². The van der Waals surface area contributed by atoms with Crippen LogP contribution >= 0.6 is 11.8 Å². The fraction of sp³-hybridized carbons (Fsp3) is 1.00. The molecule has 1 N–H and O–H groups in total. The SMILES string of the molecule is CC(C)OCC1(O)CCCSC1C. The molecule has 3 heteroatoms. The van der Waals surface area contributed by atoms with Crippen molar-refractivity contribution in [2.24, 2.45) is 0 Å². The van der Waals surface area contributed by atoms with Gasteiger partial charge in [-0.25, -0.2) is 0 Å². The molecule has 0 aliphatic carbocycles. The predicted molar refractivity (Wildman–Crippen MR) is 57.2 cm³/mol. The normalized spacial score (nSPS) is 35.3. The second-order valence-electron chi connectivity index (χ2n) is 4.08. The summed E-state index contributed by atoms with van der Waals surface area (Å²) in [4.78, 5) is 0. The van der Waals surface area contributed by atoms with Crippen molar-refractivity contribution in [1.82, 2.24) is 0 Å². The lowest BCUT2D eigenvalue weighted by atomic mass is 9.95. The zero-order valence-corrected chi connectivity index (χ0v) is 9.56. The molecule has 1 aliphatic rings. The van der Waals surface area contributed by atoms with Crippen molar-refractivity contribution in [3.8, 4) is 0 Å². The monoisotopic (exact) mass is 204 g/mol. The Hall–Kier alpha value is 0.270. The first-order valence-corrected chi connectivity index (χ1v) is 6.05. The quantitative estimate of drug-likeness (QED) is 0.763. The first-order valence-electron chi connectivity index (χ1n) is 5.00. The largest absolute Gasteiger partial charge is 0.386 e. The number of thioether (sulfide) groups is 1. The zero-order valence-electron chi connectivity index (χ0n) is 8.75. The van der Waals surface area contributed by atoms with Crippen molar-refractivity contribution in [3.05, 3.63) is 0 Å². The van der Waals surface area contributed by atoms with E-state index in [-0.39, 0.29) is 6.10 Å². The fourth-order valence-electron chi connectivity index (χ4n) is 1.50. The average Bonchev–Trinajstić information content (AvgIpc) is 2.07. The number of hydrogen-bond acceptors (Lipinski definition) is 3. The summed E-state index contributed by atoms with van der Waals surface area (Å²) in [6.45, 7) is 6.58. The van der Waals surface area contributed by atoms with E-state index in [2.05, 4.69) is 6.92 Å². The highest BCUT2D eigenvalue weighted by molar-refractivity contribution is 8.00. The summed E-state index contributed by atoms with van der Waals surface area (Å²) in [7, 11) is 0. The molecule has 0 aromatic heterocycles. The second kappa shape index (κ2) is 4.67. The molecule has 0 radical (unpaired) electrons. The Morgan fingerprint density at radius 2 is 2.31 bits per heavy atom. The molecule has 1 fully saturated rings. The standard InChI is InChI=1S/C10H20O2S/c1-8(2)12-7-10(11)5-4-6-13-9(10)3/h8-9,11H,4-7H2,1-3H3. The Morgan fingerprint density at radius 1 is 1.62 bits per heavy atom. The van der Waals surface area contributed by atoms with Gasteiger partial charge in [-0.15, -0.1) is 0 Å². The molecule has 1 heterocycles. The van der Waals surface area contributed by atoms with Crippen LogP contribution in [0.15, 0.2) is 0 Å². The highest BCUT2D eigenvalue weighted by Crippen LogP contribution is 2.34. The van der Waals surface area contributed by atoms with Crippen LogP contribution in [0.3, 0.4) is 0 Å². The first kappa shape index (κ1) is 11.3. The minimum atomic E-state index is -0.590. The maximum Gasteiger partial charge on any atom is 0.0995 e. The summed E-state index contributed by atoms with van der Waals surface area (Å²) in [5.41, 5.74) is -0.590. The van der Waals surface area contributed by atoms with Gasteiger partial charge in [0.1, 0.15) is 0 Å². The van der Waals surface area contributed by atoms with Crippen LogP contribution in [-0.2, 0) is 4.74 Å². The van der Waals surface area contributed by atoms with Gasteiger partial charge in [0.15, 0.2) is 0 Å². The molecule has 0 aromatic rings. The van der Waals surface area contributed by atoms with E-state index in [0.29, 0.717) is 11.9 Å². The van der Waals surface area contributed by atoms with Crippen molar-refractivity contribution >= 4 is 11.8 Å². The number of ether oxygens (including phenoxy) is 1. The van der Waals surface area contributed by atoms with Crippen LogP contribution in [0.4, 0.5) is 0 Å². The molecule has 0 aromatic carbocycles. The van der Waals surface area contributed by atoms with Gasteiger partial charge in [-0.05, 0) is 32.4 Å². The fourth-order valence-corrected chi connectivity index (χ4v) is 2.66. The molecular formula is C10H20O2S. The van der Waals surface area contributed by atoms with Crippen LogP contribution in [0.5, 0.6) is 0 Å². The molecular weight excluding hydrogens is 184 g/mol. The van der Waals surface area contributed by atoms with Crippen molar-refractivity contribution in [3.63, 3.8) is 0 Å².